The van der Waals surface area contributed by atoms with Crippen molar-refractivity contribution in [2.24, 2.45) is 4.99 Å². The Balaban J connectivity index is 2.59. The molecule has 0 aliphatic carbocycles. The molecule has 1 aromatic rings. The zero-order chi connectivity index (χ0) is 17.1. The third kappa shape index (κ3) is 7.85. The number of guanidine groups is 1. The van der Waals surface area contributed by atoms with Gasteiger partial charge in [0.15, 0.2) is 5.96 Å². The molecule has 2 N–H and O–H groups in total. The van der Waals surface area contributed by atoms with Crippen molar-refractivity contribution < 1.29 is 9.53 Å². The first-order valence-corrected chi connectivity index (χ1v) is 7.94. The smallest absolute Gasteiger partial charge is 0.241 e. The number of ether oxygens (including phenoxy) is 1. The van der Waals surface area contributed by atoms with Crippen LogP contribution in [0.25, 0.3) is 0 Å². The van der Waals surface area contributed by atoms with E-state index in [1.54, 1.807) is 7.11 Å². The number of rotatable bonds is 8. The molecule has 7 heteroatoms. The van der Waals surface area contributed by atoms with Gasteiger partial charge in [0.25, 0.3) is 0 Å². The number of aliphatic imine (C=N–C) groups is 1. The highest BCUT2D eigenvalue weighted by atomic mass is 35.5. The predicted molar refractivity (Wildman–Crippen MR) is 93.8 cm³/mol. The third-order valence-electron chi connectivity index (χ3n) is 3.03. The molecule has 0 heterocycles. The number of nitrogens with one attached hydrogen (secondary N) is 2. The van der Waals surface area contributed by atoms with Crippen molar-refractivity contribution in [1.29, 1.82) is 0 Å². The van der Waals surface area contributed by atoms with Crippen molar-refractivity contribution >= 4 is 23.5 Å². The second-order valence-electron chi connectivity index (χ2n) is 5.00. The zero-order valence-electron chi connectivity index (χ0n) is 13.9. The normalized spacial score (nSPS) is 11.2. The Bertz CT molecular complexity index is 505. The van der Waals surface area contributed by atoms with E-state index in [-0.39, 0.29) is 12.5 Å². The standard InChI is InChI=1S/C16H25ClN4O2/c1-4-18-16(20-11-15(22)19-9-10-23-3)21(2)12-13-5-7-14(17)8-6-13/h5-8H,4,9-12H2,1-3H3,(H,18,20)(H,19,22). The number of hydrogen-bond acceptors (Lipinski definition) is 3. The van der Waals surface area contributed by atoms with Gasteiger partial charge in [-0.2, -0.15) is 0 Å². The second-order valence-corrected chi connectivity index (χ2v) is 5.43. The van der Waals surface area contributed by atoms with Gasteiger partial charge in [0.2, 0.25) is 5.91 Å². The number of hydrogen-bond donors (Lipinski definition) is 2. The Morgan fingerprint density at radius 1 is 1.30 bits per heavy atom. The number of carbonyl (C=O) groups excluding carboxylic acids is 1. The minimum Gasteiger partial charge on any atom is -0.383 e. The number of nitrogens with zero attached hydrogens (tertiary/aromatic N) is 2. The molecular weight excluding hydrogens is 316 g/mol. The summed E-state index contributed by atoms with van der Waals surface area (Å²) in [5.74, 6) is 0.557. The lowest BCUT2D eigenvalue weighted by Gasteiger charge is -2.22. The minimum absolute atomic E-state index is 0.0804. The summed E-state index contributed by atoms with van der Waals surface area (Å²) in [6, 6.07) is 7.66. The number of halogens is 1. The molecule has 1 rings (SSSR count). The van der Waals surface area contributed by atoms with Crippen molar-refractivity contribution in [3.8, 4) is 0 Å². The second kappa shape index (κ2) is 10.9. The van der Waals surface area contributed by atoms with Gasteiger partial charge in [-0.1, -0.05) is 23.7 Å². The van der Waals surface area contributed by atoms with Gasteiger partial charge in [0.1, 0.15) is 6.54 Å². The highest BCUT2D eigenvalue weighted by molar-refractivity contribution is 6.30. The molecule has 0 saturated carbocycles. The summed E-state index contributed by atoms with van der Waals surface area (Å²) < 4.78 is 4.89. The first kappa shape index (κ1) is 19.3. The van der Waals surface area contributed by atoms with Gasteiger partial charge < -0.3 is 20.3 Å². The summed E-state index contributed by atoms with van der Waals surface area (Å²) in [5.41, 5.74) is 1.12. The van der Waals surface area contributed by atoms with Crippen molar-refractivity contribution in [2.45, 2.75) is 13.5 Å². The predicted octanol–water partition coefficient (Wildman–Crippen LogP) is 1.50. The van der Waals surface area contributed by atoms with E-state index < -0.39 is 0 Å². The van der Waals surface area contributed by atoms with E-state index in [0.717, 1.165) is 12.1 Å². The van der Waals surface area contributed by atoms with E-state index in [1.807, 2.05) is 43.1 Å². The molecule has 0 bridgehead atoms. The van der Waals surface area contributed by atoms with Crippen LogP contribution in [0.5, 0.6) is 0 Å². The topological polar surface area (TPSA) is 66.0 Å². The largest absolute Gasteiger partial charge is 0.383 e. The maximum absolute atomic E-state index is 11.7. The molecule has 0 radical (unpaired) electrons. The summed E-state index contributed by atoms with van der Waals surface area (Å²) in [4.78, 5) is 18.0. The molecule has 0 atom stereocenters. The molecule has 0 fully saturated rings. The van der Waals surface area contributed by atoms with E-state index in [2.05, 4.69) is 15.6 Å². The zero-order valence-corrected chi connectivity index (χ0v) is 14.7. The minimum atomic E-state index is -0.127. The van der Waals surface area contributed by atoms with Crippen molar-refractivity contribution in [2.75, 3.05) is 40.4 Å². The van der Waals surface area contributed by atoms with Crippen molar-refractivity contribution in [1.82, 2.24) is 15.5 Å². The molecule has 1 amide bonds. The molecule has 1 aromatic carbocycles. The summed E-state index contributed by atoms with van der Waals surface area (Å²) in [5, 5.41) is 6.64. The fraction of sp³-hybridized carbons (Fsp3) is 0.500. The lowest BCUT2D eigenvalue weighted by molar-refractivity contribution is -0.119. The number of amides is 1. The van der Waals surface area contributed by atoms with Crippen LogP contribution in [0, 0.1) is 0 Å². The average molecular weight is 341 g/mol. The van der Waals surface area contributed by atoms with Crippen LogP contribution >= 0.6 is 11.6 Å². The van der Waals surface area contributed by atoms with Crippen molar-refractivity contribution in [3.63, 3.8) is 0 Å². The van der Waals surface area contributed by atoms with Crippen LogP contribution in [0.1, 0.15) is 12.5 Å². The molecular formula is C16H25ClN4O2. The van der Waals surface area contributed by atoms with Crippen LogP contribution in [0.3, 0.4) is 0 Å². The van der Waals surface area contributed by atoms with E-state index in [0.29, 0.717) is 30.7 Å². The van der Waals surface area contributed by atoms with Crippen LogP contribution in [0.4, 0.5) is 0 Å². The van der Waals surface area contributed by atoms with E-state index in [1.165, 1.54) is 0 Å². The fourth-order valence-electron chi connectivity index (χ4n) is 1.90. The quantitative estimate of drug-likeness (QED) is 0.427. The number of carbonyl (C=O) groups is 1. The number of methoxy groups -OCH3 is 1. The molecule has 0 saturated heterocycles. The van der Waals surface area contributed by atoms with Gasteiger partial charge >= 0.3 is 0 Å². The number of benzene rings is 1. The van der Waals surface area contributed by atoms with Gasteiger partial charge in [-0.15, -0.1) is 0 Å². The van der Waals surface area contributed by atoms with Gasteiger partial charge in [0.05, 0.1) is 6.61 Å². The molecule has 23 heavy (non-hydrogen) atoms. The molecule has 0 aromatic heterocycles. The molecule has 0 aliphatic heterocycles. The maximum atomic E-state index is 11.7. The van der Waals surface area contributed by atoms with Crippen LogP contribution in [-0.2, 0) is 16.1 Å². The molecule has 128 valence electrons. The Labute approximate surface area is 142 Å². The molecule has 0 aliphatic rings. The lowest BCUT2D eigenvalue weighted by Crippen LogP contribution is -2.39. The van der Waals surface area contributed by atoms with E-state index in [9.17, 15) is 4.79 Å². The Kier molecular flexibility index (Phi) is 9.09. The summed E-state index contributed by atoms with van der Waals surface area (Å²) in [7, 11) is 3.53. The van der Waals surface area contributed by atoms with Crippen LogP contribution in [-0.4, -0.2) is 57.2 Å². The maximum Gasteiger partial charge on any atom is 0.241 e. The Morgan fingerprint density at radius 2 is 2.00 bits per heavy atom. The SMILES string of the molecule is CCNC(=NCC(=O)NCCOC)N(C)Cc1ccc(Cl)cc1. The van der Waals surface area contributed by atoms with Gasteiger partial charge in [-0.05, 0) is 24.6 Å². The third-order valence-corrected chi connectivity index (χ3v) is 3.28. The molecule has 0 spiro atoms. The highest BCUT2D eigenvalue weighted by Gasteiger charge is 2.08. The van der Waals surface area contributed by atoms with Gasteiger partial charge in [0, 0.05) is 38.8 Å². The Hall–Kier alpha value is -1.79. The molecule has 0 unspecified atom stereocenters. The van der Waals surface area contributed by atoms with Crippen LogP contribution < -0.4 is 10.6 Å². The highest BCUT2D eigenvalue weighted by Crippen LogP contribution is 2.10. The summed E-state index contributed by atoms with van der Waals surface area (Å²) >= 11 is 5.89. The van der Waals surface area contributed by atoms with Crippen LogP contribution in [0.15, 0.2) is 29.3 Å². The first-order chi connectivity index (χ1) is 11.1. The summed E-state index contributed by atoms with van der Waals surface area (Å²) in [6.45, 7) is 4.46. The molecule has 6 nitrogen and oxygen atoms in total. The summed E-state index contributed by atoms with van der Waals surface area (Å²) in [6.07, 6.45) is 0. The first-order valence-electron chi connectivity index (χ1n) is 7.56. The van der Waals surface area contributed by atoms with Gasteiger partial charge in [-0.3, -0.25) is 4.79 Å². The van der Waals surface area contributed by atoms with Crippen molar-refractivity contribution in [3.05, 3.63) is 34.9 Å². The fourth-order valence-corrected chi connectivity index (χ4v) is 2.03. The monoisotopic (exact) mass is 340 g/mol. The van der Waals surface area contributed by atoms with Crippen LogP contribution in [0.2, 0.25) is 5.02 Å². The van der Waals surface area contributed by atoms with Gasteiger partial charge in [-0.25, -0.2) is 4.99 Å². The Morgan fingerprint density at radius 3 is 2.61 bits per heavy atom. The van der Waals surface area contributed by atoms with E-state index in [4.69, 9.17) is 16.3 Å². The van der Waals surface area contributed by atoms with E-state index >= 15 is 0 Å². The average Bonchev–Trinajstić information content (AvgIpc) is 2.53. The lowest BCUT2D eigenvalue weighted by atomic mass is 10.2.